The molecule has 3 heterocycles. The minimum atomic E-state index is -3.83. The summed E-state index contributed by atoms with van der Waals surface area (Å²) in [6, 6.07) is 4.64. The number of nitrogens with two attached hydrogens (primary N) is 1. The van der Waals surface area contributed by atoms with E-state index in [0.717, 1.165) is 44.5 Å². The van der Waals surface area contributed by atoms with Crippen molar-refractivity contribution >= 4 is 39.1 Å². The lowest BCUT2D eigenvalue weighted by molar-refractivity contribution is -0.123. The van der Waals surface area contributed by atoms with Gasteiger partial charge in [-0.3, -0.25) is 4.79 Å². The number of likely N-dealkylation sites (N-methyl/N-ethyl adjacent to an activating group) is 1. The van der Waals surface area contributed by atoms with E-state index in [9.17, 15) is 17.6 Å². The lowest BCUT2D eigenvalue weighted by Gasteiger charge is -2.35. The van der Waals surface area contributed by atoms with Gasteiger partial charge in [-0.25, -0.2) is 22.5 Å². The number of fused-ring (bicyclic) bond motifs is 5. The number of piperazine rings is 1. The van der Waals surface area contributed by atoms with Crippen molar-refractivity contribution in [3.63, 3.8) is 0 Å². The quantitative estimate of drug-likeness (QED) is 0.446. The topological polar surface area (TPSA) is 146 Å². The molecule has 3 fully saturated rings. The number of benzene rings is 1. The Morgan fingerprint density at radius 1 is 1.14 bits per heavy atom. The summed E-state index contributed by atoms with van der Waals surface area (Å²) in [5, 5.41) is 6.19. The van der Waals surface area contributed by atoms with Crippen LogP contribution in [0.25, 0.3) is 0 Å². The predicted molar refractivity (Wildman–Crippen MR) is 136 cm³/mol. The van der Waals surface area contributed by atoms with Gasteiger partial charge in [-0.2, -0.15) is 4.98 Å². The molecule has 2 aliphatic heterocycles. The van der Waals surface area contributed by atoms with E-state index in [4.69, 9.17) is 5.73 Å². The van der Waals surface area contributed by atoms with Gasteiger partial charge in [0.05, 0.1) is 17.0 Å². The number of carbonyl (C=O) groups is 1. The molecule has 4 aliphatic rings. The van der Waals surface area contributed by atoms with Gasteiger partial charge in [-0.1, -0.05) is 0 Å². The van der Waals surface area contributed by atoms with Gasteiger partial charge in [-0.05, 0) is 55.8 Å². The number of halogens is 1. The van der Waals surface area contributed by atoms with Crippen molar-refractivity contribution in [2.45, 2.75) is 23.8 Å². The molecule has 5 N–H and O–H groups in total. The zero-order chi connectivity index (χ0) is 25.9. The molecular weight excluding hydrogens is 499 g/mol. The number of amides is 1. The minimum Gasteiger partial charge on any atom is -0.369 e. The molecule has 1 amide bonds. The van der Waals surface area contributed by atoms with Crippen LogP contribution in [0.1, 0.15) is 12.8 Å². The monoisotopic (exact) mass is 530 g/mol. The van der Waals surface area contributed by atoms with Gasteiger partial charge in [0.25, 0.3) is 0 Å². The standard InChI is InChI=1S/C24H31FN8O3S/c1-32-2-4-33(5-3-32)16-8-15-9-17(10-16)37(35,36)28-11-14-6-13-7-18(14)21(20(13)22(26)34)30-23-19(25)12-27-24(29-15)31-23/h8-10,12-14,18,20-21,28H,2-7,11H2,1H3,(H2,26,34)(H2,27,29,30,31)/t13-,14+,18-,20+,21-/m1/s1. The van der Waals surface area contributed by atoms with Crippen molar-refractivity contribution in [2.75, 3.05) is 55.3 Å². The molecule has 1 aromatic carbocycles. The zero-order valence-corrected chi connectivity index (χ0v) is 21.3. The molecule has 6 bridgehead atoms. The summed E-state index contributed by atoms with van der Waals surface area (Å²) in [6.07, 6.45) is 2.47. The molecular formula is C24H31FN8O3S. The van der Waals surface area contributed by atoms with Crippen LogP contribution in [0.3, 0.4) is 0 Å². The number of aromatic nitrogens is 2. The molecule has 1 aromatic heterocycles. The van der Waals surface area contributed by atoms with E-state index < -0.39 is 33.7 Å². The number of sulfonamides is 1. The van der Waals surface area contributed by atoms with Crippen LogP contribution < -0.4 is 26.0 Å². The van der Waals surface area contributed by atoms with E-state index in [-0.39, 0.29) is 41.0 Å². The van der Waals surface area contributed by atoms with Crippen LogP contribution in [-0.2, 0) is 14.8 Å². The predicted octanol–water partition coefficient (Wildman–Crippen LogP) is 0.941. The van der Waals surface area contributed by atoms with E-state index in [1.54, 1.807) is 12.1 Å². The summed E-state index contributed by atoms with van der Waals surface area (Å²) in [5.74, 6) is -1.49. The number of nitrogens with zero attached hydrogens (tertiary/aromatic N) is 4. The van der Waals surface area contributed by atoms with Crippen LogP contribution in [0.15, 0.2) is 29.3 Å². The fourth-order valence-corrected chi connectivity index (χ4v) is 7.67. The first kappa shape index (κ1) is 24.3. The number of carbonyl (C=O) groups excluding carboxylic acids is 1. The van der Waals surface area contributed by atoms with Gasteiger partial charge in [0.15, 0.2) is 11.6 Å². The first-order valence-corrected chi connectivity index (χ1v) is 14.1. The fraction of sp³-hybridized carbons (Fsp3) is 0.542. The van der Waals surface area contributed by atoms with E-state index >= 15 is 0 Å². The number of anilines is 4. The maximum Gasteiger partial charge on any atom is 0.240 e. The second kappa shape index (κ2) is 9.07. The Labute approximate surface area is 215 Å². The Balaban J connectivity index is 1.42. The molecule has 2 aliphatic carbocycles. The van der Waals surface area contributed by atoms with Crippen molar-refractivity contribution < 1.29 is 17.6 Å². The molecule has 0 radical (unpaired) electrons. The molecule has 0 unspecified atom stereocenters. The highest BCUT2D eigenvalue weighted by Gasteiger charge is 2.55. The second-order valence-corrected chi connectivity index (χ2v) is 12.4. The molecule has 37 heavy (non-hydrogen) atoms. The Bertz CT molecular complexity index is 1330. The zero-order valence-electron chi connectivity index (χ0n) is 20.5. The highest BCUT2D eigenvalue weighted by molar-refractivity contribution is 7.89. The average Bonchev–Trinajstić information content (AvgIpc) is 3.43. The number of primary amides is 1. The van der Waals surface area contributed by atoms with Gasteiger partial charge >= 0.3 is 0 Å². The van der Waals surface area contributed by atoms with Crippen molar-refractivity contribution in [1.82, 2.24) is 19.6 Å². The van der Waals surface area contributed by atoms with Crippen LogP contribution in [0, 0.1) is 29.5 Å². The molecule has 5 atom stereocenters. The highest BCUT2D eigenvalue weighted by Crippen LogP contribution is 2.52. The first-order chi connectivity index (χ1) is 17.7. The molecule has 0 spiro atoms. The fourth-order valence-electron chi connectivity index (χ4n) is 6.51. The summed E-state index contributed by atoms with van der Waals surface area (Å²) in [7, 11) is -1.77. The van der Waals surface area contributed by atoms with Crippen molar-refractivity contribution in [2.24, 2.45) is 29.4 Å². The number of hydrogen-bond acceptors (Lipinski definition) is 9. The Kier molecular flexibility index (Phi) is 5.96. The van der Waals surface area contributed by atoms with Gasteiger partial charge in [0, 0.05) is 50.1 Å². The Hall–Kier alpha value is -3.03. The third-order valence-electron chi connectivity index (χ3n) is 8.38. The summed E-state index contributed by atoms with van der Waals surface area (Å²) < 4.78 is 44.5. The Morgan fingerprint density at radius 3 is 2.68 bits per heavy atom. The molecule has 13 heteroatoms. The second-order valence-electron chi connectivity index (χ2n) is 10.6. The lowest BCUT2D eigenvalue weighted by Crippen LogP contribution is -2.47. The van der Waals surface area contributed by atoms with Crippen LogP contribution in [-0.4, -0.2) is 75.0 Å². The summed E-state index contributed by atoms with van der Waals surface area (Å²) >= 11 is 0. The van der Waals surface area contributed by atoms with Crippen molar-refractivity contribution in [3.05, 3.63) is 30.2 Å². The van der Waals surface area contributed by atoms with E-state index in [2.05, 4.69) is 42.2 Å². The number of nitrogens with one attached hydrogen (secondary N) is 3. The smallest absolute Gasteiger partial charge is 0.240 e. The van der Waals surface area contributed by atoms with Gasteiger partial charge in [-0.15, -0.1) is 0 Å². The summed E-state index contributed by atoms with van der Waals surface area (Å²) in [5.41, 5.74) is 6.98. The van der Waals surface area contributed by atoms with Gasteiger partial charge in [0.1, 0.15) is 0 Å². The van der Waals surface area contributed by atoms with E-state index in [1.807, 2.05) is 6.07 Å². The maximum absolute atomic E-state index is 14.8. The molecule has 6 rings (SSSR count). The Morgan fingerprint density at radius 2 is 1.92 bits per heavy atom. The van der Waals surface area contributed by atoms with Crippen LogP contribution >= 0.6 is 0 Å². The first-order valence-electron chi connectivity index (χ1n) is 12.6. The third-order valence-corrected chi connectivity index (χ3v) is 9.78. The highest BCUT2D eigenvalue weighted by atomic mass is 32.2. The molecule has 2 aromatic rings. The third kappa shape index (κ3) is 4.48. The molecule has 2 saturated carbocycles. The normalized spacial score (nSPS) is 30.8. The van der Waals surface area contributed by atoms with E-state index in [1.165, 1.54) is 0 Å². The summed E-state index contributed by atoms with van der Waals surface area (Å²) in [6.45, 7) is 3.49. The molecule has 198 valence electrons. The molecule has 1 saturated heterocycles. The maximum atomic E-state index is 14.8. The van der Waals surface area contributed by atoms with Crippen LogP contribution in [0.4, 0.5) is 27.5 Å². The molecule has 11 nitrogen and oxygen atoms in total. The SMILES string of the molecule is CN1CCN(c2cc3cc(c2)S(=O)(=O)NC[C@@H]2C[C@@H]4C[C@H]2[C@@H](Nc2nc(ncc2F)N3)[C@H]4C(N)=O)CC1. The largest absolute Gasteiger partial charge is 0.369 e. The average molecular weight is 531 g/mol. The van der Waals surface area contributed by atoms with Gasteiger partial charge < -0.3 is 26.2 Å². The van der Waals surface area contributed by atoms with Crippen molar-refractivity contribution in [3.8, 4) is 0 Å². The van der Waals surface area contributed by atoms with Crippen LogP contribution in [0.2, 0.25) is 0 Å². The van der Waals surface area contributed by atoms with Crippen molar-refractivity contribution in [1.29, 1.82) is 0 Å². The van der Waals surface area contributed by atoms with E-state index in [0.29, 0.717) is 12.1 Å². The number of rotatable bonds is 2. The van der Waals surface area contributed by atoms with Gasteiger partial charge in [0.2, 0.25) is 21.9 Å². The minimum absolute atomic E-state index is 0.00636. The lowest BCUT2D eigenvalue weighted by atomic mass is 9.78. The van der Waals surface area contributed by atoms with Crippen LogP contribution in [0.5, 0.6) is 0 Å². The number of hydrogen-bond donors (Lipinski definition) is 4. The summed E-state index contributed by atoms with van der Waals surface area (Å²) in [4.78, 5) is 25.2.